The summed E-state index contributed by atoms with van der Waals surface area (Å²) in [5, 5.41) is 7.39. The number of aromatic amines is 1. The number of thioether (sulfide) groups is 1. The van der Waals surface area contributed by atoms with Crippen LogP contribution in [0.2, 0.25) is 0 Å². The number of aromatic nitrogens is 3. The zero-order valence-electron chi connectivity index (χ0n) is 13.8. The van der Waals surface area contributed by atoms with E-state index in [1.54, 1.807) is 36.4 Å². The second-order valence-electron chi connectivity index (χ2n) is 5.41. The van der Waals surface area contributed by atoms with Gasteiger partial charge in [-0.3, -0.25) is 5.10 Å². The molecule has 0 unspecified atom stereocenters. The number of H-pyrrole nitrogens is 1. The number of halogens is 1. The first kappa shape index (κ1) is 18.9. The Labute approximate surface area is 164 Å². The van der Waals surface area contributed by atoms with Gasteiger partial charge in [0.2, 0.25) is 5.16 Å². The molecule has 0 saturated carbocycles. The Hall–Kier alpha value is -1.84. The summed E-state index contributed by atoms with van der Waals surface area (Å²) in [7, 11) is -3.32. The van der Waals surface area contributed by atoms with Gasteiger partial charge >= 0.3 is 0 Å². The molecule has 3 aromatic rings. The molecule has 0 bridgehead atoms. The number of nitrogens with zero attached hydrogens (tertiary/aromatic N) is 2. The van der Waals surface area contributed by atoms with Gasteiger partial charge in [0, 0.05) is 10.2 Å². The predicted molar refractivity (Wildman–Crippen MR) is 106 cm³/mol. The highest BCUT2D eigenvalue weighted by Gasteiger charge is 2.14. The summed E-state index contributed by atoms with van der Waals surface area (Å²) in [6, 6.07) is 10.4. The van der Waals surface area contributed by atoms with Crippen LogP contribution in [0.25, 0.3) is 12.2 Å². The van der Waals surface area contributed by atoms with Crippen LogP contribution in [0.4, 0.5) is 0 Å². The Morgan fingerprint density at radius 2 is 1.96 bits per heavy atom. The first-order valence-corrected chi connectivity index (χ1v) is 11.1. The van der Waals surface area contributed by atoms with Gasteiger partial charge in [0.15, 0.2) is 9.84 Å². The topological polar surface area (TPSA) is 88.9 Å². The molecule has 0 amide bonds. The SMILES string of the molecule is Cc1ccc(/C=C/c2nc(SCCS(=O)(=O)c3ccc(Br)cc3)n[nH]2)o1. The Morgan fingerprint density at radius 1 is 1.19 bits per heavy atom. The Kier molecular flexibility index (Phi) is 6.00. The van der Waals surface area contributed by atoms with Gasteiger partial charge in [-0.2, -0.15) is 0 Å². The number of benzene rings is 1. The normalized spacial score (nSPS) is 12.1. The summed E-state index contributed by atoms with van der Waals surface area (Å²) in [5.74, 6) is 2.54. The third-order valence-corrected chi connectivity index (χ3v) is 6.77. The summed E-state index contributed by atoms with van der Waals surface area (Å²) in [5.41, 5.74) is 0. The molecule has 6 nitrogen and oxygen atoms in total. The molecular formula is C17H16BrN3O3S2. The number of hydrogen-bond donors (Lipinski definition) is 1. The number of furan rings is 1. The average Bonchev–Trinajstić information content (AvgIpc) is 3.22. The molecule has 0 atom stereocenters. The van der Waals surface area contributed by atoms with E-state index in [0.717, 1.165) is 16.0 Å². The van der Waals surface area contributed by atoms with Crippen LogP contribution in [0.3, 0.4) is 0 Å². The van der Waals surface area contributed by atoms with Gasteiger partial charge in [-0.25, -0.2) is 13.4 Å². The first-order valence-electron chi connectivity index (χ1n) is 7.70. The van der Waals surface area contributed by atoms with Crippen LogP contribution in [0.5, 0.6) is 0 Å². The van der Waals surface area contributed by atoms with Crippen molar-refractivity contribution in [1.82, 2.24) is 15.2 Å². The standard InChI is InChI=1S/C17H16BrN3O3S2/c1-12-2-5-14(24-12)6-9-16-19-17(21-20-16)25-10-11-26(22,23)15-7-3-13(18)4-8-15/h2-9H,10-11H2,1H3,(H,19,20,21)/b9-6+. The van der Waals surface area contributed by atoms with Crippen molar-refractivity contribution in [3.8, 4) is 0 Å². The highest BCUT2D eigenvalue weighted by atomic mass is 79.9. The van der Waals surface area contributed by atoms with Crippen molar-refractivity contribution in [2.75, 3.05) is 11.5 Å². The minimum absolute atomic E-state index is 0.0185. The van der Waals surface area contributed by atoms with Gasteiger partial charge in [-0.1, -0.05) is 27.7 Å². The second kappa shape index (κ2) is 8.24. The molecule has 0 aliphatic rings. The van der Waals surface area contributed by atoms with Crippen molar-refractivity contribution >= 4 is 49.7 Å². The molecule has 1 aromatic carbocycles. The fourth-order valence-corrected chi connectivity index (χ4v) is 4.82. The molecule has 0 fully saturated rings. The van der Waals surface area contributed by atoms with E-state index < -0.39 is 9.84 Å². The Morgan fingerprint density at radius 3 is 2.65 bits per heavy atom. The second-order valence-corrected chi connectivity index (χ2v) is 9.49. The van der Waals surface area contributed by atoms with Gasteiger partial charge < -0.3 is 4.42 Å². The van der Waals surface area contributed by atoms with Crippen LogP contribution in [-0.2, 0) is 9.84 Å². The molecule has 3 rings (SSSR count). The molecule has 9 heteroatoms. The monoisotopic (exact) mass is 453 g/mol. The lowest BCUT2D eigenvalue weighted by molar-refractivity contribution is 0.525. The molecule has 136 valence electrons. The molecule has 26 heavy (non-hydrogen) atoms. The van der Waals surface area contributed by atoms with Gasteiger partial charge in [0.05, 0.1) is 10.6 Å². The molecule has 2 heterocycles. The van der Waals surface area contributed by atoms with E-state index in [0.29, 0.717) is 21.6 Å². The minimum atomic E-state index is -3.32. The molecule has 0 aliphatic heterocycles. The lowest BCUT2D eigenvalue weighted by Gasteiger charge is -2.03. The van der Waals surface area contributed by atoms with Crippen molar-refractivity contribution < 1.29 is 12.8 Å². The number of hydrogen-bond acceptors (Lipinski definition) is 6. The van der Waals surface area contributed by atoms with Crippen molar-refractivity contribution in [3.05, 3.63) is 58.2 Å². The van der Waals surface area contributed by atoms with Crippen molar-refractivity contribution in [3.63, 3.8) is 0 Å². The van der Waals surface area contributed by atoms with Crippen LogP contribution in [-0.4, -0.2) is 35.1 Å². The fourth-order valence-electron chi connectivity index (χ4n) is 2.10. The average molecular weight is 454 g/mol. The Bertz CT molecular complexity index is 1010. The van der Waals surface area contributed by atoms with E-state index in [1.165, 1.54) is 11.8 Å². The van der Waals surface area contributed by atoms with Gasteiger partial charge in [0.25, 0.3) is 0 Å². The van der Waals surface area contributed by atoms with Gasteiger partial charge in [0.1, 0.15) is 17.3 Å². The van der Waals surface area contributed by atoms with E-state index in [-0.39, 0.29) is 5.75 Å². The number of nitrogens with one attached hydrogen (secondary N) is 1. The number of aryl methyl sites for hydroxylation is 1. The van der Waals surface area contributed by atoms with Crippen LogP contribution < -0.4 is 0 Å². The highest BCUT2D eigenvalue weighted by molar-refractivity contribution is 9.10. The van der Waals surface area contributed by atoms with Gasteiger partial charge in [-0.15, -0.1) is 5.10 Å². The molecule has 0 spiro atoms. The lowest BCUT2D eigenvalue weighted by Crippen LogP contribution is -2.08. The van der Waals surface area contributed by atoms with Crippen molar-refractivity contribution in [1.29, 1.82) is 0 Å². The number of sulfone groups is 1. The molecule has 0 radical (unpaired) electrons. The quantitative estimate of drug-likeness (QED) is 0.539. The molecule has 2 aromatic heterocycles. The zero-order chi connectivity index (χ0) is 18.6. The predicted octanol–water partition coefficient (Wildman–Crippen LogP) is 4.21. The van der Waals surface area contributed by atoms with E-state index in [9.17, 15) is 8.42 Å². The Balaban J connectivity index is 1.54. The minimum Gasteiger partial charge on any atom is -0.462 e. The molecular weight excluding hydrogens is 438 g/mol. The third kappa shape index (κ3) is 5.09. The summed E-state index contributed by atoms with van der Waals surface area (Å²) in [6.07, 6.45) is 3.55. The third-order valence-electron chi connectivity index (χ3n) is 3.40. The molecule has 1 N–H and O–H groups in total. The van der Waals surface area contributed by atoms with E-state index in [2.05, 4.69) is 31.1 Å². The summed E-state index contributed by atoms with van der Waals surface area (Å²) < 4.78 is 30.9. The van der Waals surface area contributed by atoms with E-state index in [1.807, 2.05) is 19.1 Å². The van der Waals surface area contributed by atoms with Crippen LogP contribution in [0.1, 0.15) is 17.3 Å². The van der Waals surface area contributed by atoms with Crippen LogP contribution in [0, 0.1) is 6.92 Å². The number of rotatable bonds is 7. The molecule has 0 aliphatic carbocycles. The summed E-state index contributed by atoms with van der Waals surface area (Å²) in [6.45, 7) is 1.88. The van der Waals surface area contributed by atoms with E-state index >= 15 is 0 Å². The van der Waals surface area contributed by atoms with Gasteiger partial charge in [-0.05, 0) is 55.5 Å². The molecule has 0 saturated heterocycles. The summed E-state index contributed by atoms with van der Waals surface area (Å²) in [4.78, 5) is 4.62. The largest absolute Gasteiger partial charge is 0.462 e. The highest BCUT2D eigenvalue weighted by Crippen LogP contribution is 2.19. The van der Waals surface area contributed by atoms with Crippen LogP contribution in [0.15, 0.2) is 55.3 Å². The van der Waals surface area contributed by atoms with Crippen LogP contribution >= 0.6 is 27.7 Å². The first-order chi connectivity index (χ1) is 12.4. The maximum absolute atomic E-state index is 12.3. The lowest BCUT2D eigenvalue weighted by atomic mass is 10.4. The summed E-state index contributed by atoms with van der Waals surface area (Å²) >= 11 is 4.59. The van der Waals surface area contributed by atoms with Crippen molar-refractivity contribution in [2.24, 2.45) is 0 Å². The maximum Gasteiger partial charge on any atom is 0.208 e. The van der Waals surface area contributed by atoms with E-state index in [4.69, 9.17) is 4.42 Å². The zero-order valence-corrected chi connectivity index (χ0v) is 17.1. The fraction of sp³-hybridized carbons (Fsp3) is 0.176. The maximum atomic E-state index is 12.3. The smallest absolute Gasteiger partial charge is 0.208 e. The van der Waals surface area contributed by atoms with Crippen molar-refractivity contribution in [2.45, 2.75) is 17.0 Å².